The number of carbonyl (C=O) groups is 1. The Hall–Kier alpha value is -2.50. The lowest BCUT2D eigenvalue weighted by Crippen LogP contribution is -2.28. The minimum atomic E-state index is -0.228. The van der Waals surface area contributed by atoms with Crippen molar-refractivity contribution >= 4 is 17.4 Å². The molecule has 0 aliphatic heterocycles. The second kappa shape index (κ2) is 5.90. The number of pyridine rings is 1. The molecular formula is C13H16N4O2. The van der Waals surface area contributed by atoms with E-state index in [1.807, 2.05) is 13.0 Å². The number of anilines is 2. The smallest absolute Gasteiger partial charge is 0.287 e. The number of nitrogens with zero attached hydrogens (tertiary/aromatic N) is 1. The van der Waals surface area contributed by atoms with Gasteiger partial charge >= 0.3 is 0 Å². The van der Waals surface area contributed by atoms with Gasteiger partial charge in [-0.2, -0.15) is 0 Å². The molecule has 2 aromatic rings. The van der Waals surface area contributed by atoms with Crippen LogP contribution in [-0.4, -0.2) is 24.0 Å². The molecule has 0 bridgehead atoms. The second-order valence-electron chi connectivity index (χ2n) is 4.09. The lowest BCUT2D eigenvalue weighted by molar-refractivity contribution is 0.0927. The minimum absolute atomic E-state index is 0.228. The average molecular weight is 260 g/mol. The van der Waals surface area contributed by atoms with Gasteiger partial charge in [0.2, 0.25) is 0 Å². The zero-order chi connectivity index (χ0) is 13.7. The number of nitrogen functional groups attached to an aromatic ring is 1. The van der Waals surface area contributed by atoms with Crippen LogP contribution < -0.4 is 16.4 Å². The van der Waals surface area contributed by atoms with Crippen molar-refractivity contribution in [3.63, 3.8) is 0 Å². The molecule has 19 heavy (non-hydrogen) atoms. The molecule has 0 atom stereocenters. The molecule has 0 aliphatic carbocycles. The Labute approximate surface area is 111 Å². The summed E-state index contributed by atoms with van der Waals surface area (Å²) in [5.74, 6) is 0.844. The van der Waals surface area contributed by atoms with Gasteiger partial charge in [-0.25, -0.2) is 4.98 Å². The third kappa shape index (κ3) is 3.48. The van der Waals surface area contributed by atoms with Gasteiger partial charge in [-0.3, -0.25) is 4.79 Å². The Morgan fingerprint density at radius 3 is 3.00 bits per heavy atom. The molecule has 2 rings (SSSR count). The number of furan rings is 1. The fraction of sp³-hybridized carbons (Fsp3) is 0.231. The van der Waals surface area contributed by atoms with Crippen LogP contribution in [0.15, 0.2) is 35.1 Å². The average Bonchev–Trinajstić information content (AvgIpc) is 2.90. The van der Waals surface area contributed by atoms with Crippen LogP contribution in [0.2, 0.25) is 0 Å². The SMILES string of the molecule is Cc1cc(N)cnc1NCCNC(=O)c1ccco1. The molecular weight excluding hydrogens is 244 g/mol. The van der Waals surface area contributed by atoms with Crippen LogP contribution in [0.1, 0.15) is 16.1 Å². The van der Waals surface area contributed by atoms with Crippen molar-refractivity contribution in [1.82, 2.24) is 10.3 Å². The summed E-state index contributed by atoms with van der Waals surface area (Å²) in [6, 6.07) is 5.14. The summed E-state index contributed by atoms with van der Waals surface area (Å²) < 4.78 is 4.98. The van der Waals surface area contributed by atoms with Crippen molar-refractivity contribution in [2.24, 2.45) is 0 Å². The molecule has 1 amide bonds. The number of hydrogen-bond acceptors (Lipinski definition) is 5. The maximum atomic E-state index is 11.6. The minimum Gasteiger partial charge on any atom is -0.459 e. The van der Waals surface area contributed by atoms with E-state index in [-0.39, 0.29) is 5.91 Å². The molecule has 100 valence electrons. The first-order chi connectivity index (χ1) is 9.16. The van der Waals surface area contributed by atoms with Crippen LogP contribution in [0.3, 0.4) is 0 Å². The quantitative estimate of drug-likeness (QED) is 0.707. The Balaban J connectivity index is 1.76. The summed E-state index contributed by atoms with van der Waals surface area (Å²) in [4.78, 5) is 15.7. The van der Waals surface area contributed by atoms with Crippen LogP contribution in [-0.2, 0) is 0 Å². The van der Waals surface area contributed by atoms with E-state index in [9.17, 15) is 4.79 Å². The lowest BCUT2D eigenvalue weighted by Gasteiger charge is -2.09. The summed E-state index contributed by atoms with van der Waals surface area (Å²) >= 11 is 0. The number of rotatable bonds is 5. The van der Waals surface area contributed by atoms with E-state index < -0.39 is 0 Å². The normalized spacial score (nSPS) is 10.2. The largest absolute Gasteiger partial charge is 0.459 e. The highest BCUT2D eigenvalue weighted by molar-refractivity contribution is 5.91. The highest BCUT2D eigenvalue weighted by Crippen LogP contribution is 2.13. The molecule has 0 aromatic carbocycles. The van der Waals surface area contributed by atoms with Gasteiger partial charge < -0.3 is 20.8 Å². The zero-order valence-corrected chi connectivity index (χ0v) is 10.6. The van der Waals surface area contributed by atoms with E-state index in [0.717, 1.165) is 11.4 Å². The molecule has 0 radical (unpaired) electrons. The Morgan fingerprint density at radius 1 is 1.47 bits per heavy atom. The summed E-state index contributed by atoms with van der Waals surface area (Å²) in [7, 11) is 0. The van der Waals surface area contributed by atoms with E-state index in [2.05, 4.69) is 15.6 Å². The third-order valence-electron chi connectivity index (χ3n) is 2.55. The van der Waals surface area contributed by atoms with E-state index in [4.69, 9.17) is 10.2 Å². The fourth-order valence-corrected chi connectivity index (χ4v) is 1.63. The van der Waals surface area contributed by atoms with Crippen LogP contribution in [0.25, 0.3) is 0 Å². The summed E-state index contributed by atoms with van der Waals surface area (Å²) in [6.45, 7) is 2.97. The molecule has 6 heteroatoms. The number of hydrogen-bond donors (Lipinski definition) is 3. The topological polar surface area (TPSA) is 93.2 Å². The lowest BCUT2D eigenvalue weighted by atomic mass is 10.2. The predicted octanol–water partition coefficient (Wildman–Crippen LogP) is 1.41. The highest BCUT2D eigenvalue weighted by Gasteiger charge is 2.06. The van der Waals surface area contributed by atoms with Crippen LogP contribution >= 0.6 is 0 Å². The Bertz CT molecular complexity index is 552. The first kappa shape index (κ1) is 12.9. The van der Waals surface area contributed by atoms with Gasteiger partial charge in [0.1, 0.15) is 5.82 Å². The Kier molecular flexibility index (Phi) is 4.02. The highest BCUT2D eigenvalue weighted by atomic mass is 16.3. The van der Waals surface area contributed by atoms with E-state index in [1.165, 1.54) is 6.26 Å². The van der Waals surface area contributed by atoms with E-state index in [1.54, 1.807) is 18.3 Å². The van der Waals surface area contributed by atoms with Gasteiger partial charge in [-0.05, 0) is 30.7 Å². The zero-order valence-electron chi connectivity index (χ0n) is 10.6. The third-order valence-corrected chi connectivity index (χ3v) is 2.55. The van der Waals surface area contributed by atoms with Crippen molar-refractivity contribution in [2.75, 3.05) is 24.1 Å². The summed E-state index contributed by atoms with van der Waals surface area (Å²) in [5.41, 5.74) is 7.22. The number of nitrogens with two attached hydrogens (primary N) is 1. The number of carbonyl (C=O) groups excluding carboxylic acids is 1. The second-order valence-corrected chi connectivity index (χ2v) is 4.09. The molecule has 6 nitrogen and oxygen atoms in total. The predicted molar refractivity (Wildman–Crippen MR) is 72.9 cm³/mol. The molecule has 0 fully saturated rings. The molecule has 2 aromatic heterocycles. The molecule has 0 aliphatic rings. The van der Waals surface area contributed by atoms with Crippen LogP contribution in [0.4, 0.5) is 11.5 Å². The fourth-order valence-electron chi connectivity index (χ4n) is 1.63. The van der Waals surface area contributed by atoms with Crippen LogP contribution in [0.5, 0.6) is 0 Å². The molecule has 0 unspecified atom stereocenters. The van der Waals surface area contributed by atoms with Crippen molar-refractivity contribution in [3.05, 3.63) is 42.0 Å². The van der Waals surface area contributed by atoms with Gasteiger partial charge in [0.25, 0.3) is 5.91 Å². The van der Waals surface area contributed by atoms with Crippen molar-refractivity contribution in [2.45, 2.75) is 6.92 Å². The van der Waals surface area contributed by atoms with Gasteiger partial charge in [-0.15, -0.1) is 0 Å². The van der Waals surface area contributed by atoms with E-state index in [0.29, 0.717) is 24.5 Å². The van der Waals surface area contributed by atoms with E-state index >= 15 is 0 Å². The van der Waals surface area contributed by atoms with Crippen LogP contribution in [0, 0.1) is 6.92 Å². The Morgan fingerprint density at radius 2 is 2.32 bits per heavy atom. The van der Waals surface area contributed by atoms with Gasteiger partial charge in [0.15, 0.2) is 5.76 Å². The first-order valence-electron chi connectivity index (χ1n) is 5.94. The van der Waals surface area contributed by atoms with Crippen molar-refractivity contribution < 1.29 is 9.21 Å². The van der Waals surface area contributed by atoms with Gasteiger partial charge in [-0.1, -0.05) is 0 Å². The number of nitrogens with one attached hydrogen (secondary N) is 2. The number of aromatic nitrogens is 1. The number of aryl methyl sites for hydroxylation is 1. The molecule has 0 saturated heterocycles. The maximum absolute atomic E-state index is 11.6. The summed E-state index contributed by atoms with van der Waals surface area (Å²) in [5, 5.41) is 5.87. The molecule has 0 spiro atoms. The molecule has 0 saturated carbocycles. The summed E-state index contributed by atoms with van der Waals surface area (Å²) in [6.07, 6.45) is 3.06. The first-order valence-corrected chi connectivity index (χ1v) is 5.94. The number of amides is 1. The molecule has 4 N–H and O–H groups in total. The van der Waals surface area contributed by atoms with Gasteiger partial charge in [0.05, 0.1) is 18.1 Å². The van der Waals surface area contributed by atoms with Crippen molar-refractivity contribution in [3.8, 4) is 0 Å². The standard InChI is InChI=1S/C13H16N4O2/c1-9-7-10(14)8-17-12(9)15-4-5-16-13(18)11-3-2-6-19-11/h2-3,6-8H,4-5,14H2,1H3,(H,15,17)(H,16,18). The maximum Gasteiger partial charge on any atom is 0.287 e. The van der Waals surface area contributed by atoms with Gasteiger partial charge in [0, 0.05) is 13.1 Å². The molecule has 2 heterocycles. The van der Waals surface area contributed by atoms with Crippen molar-refractivity contribution in [1.29, 1.82) is 0 Å². The monoisotopic (exact) mass is 260 g/mol.